The zero-order valence-electron chi connectivity index (χ0n) is 20.7. The van der Waals surface area contributed by atoms with E-state index in [0.717, 1.165) is 56.3 Å². The number of aromatic nitrogens is 3. The fraction of sp³-hybridized carbons (Fsp3) is 0.429. The first-order chi connectivity index (χ1) is 17.6. The van der Waals surface area contributed by atoms with Crippen molar-refractivity contribution in [1.82, 2.24) is 19.9 Å². The molecular weight excluding hydrogens is 450 g/mol. The van der Waals surface area contributed by atoms with Gasteiger partial charge in [-0.1, -0.05) is 43.0 Å². The maximum Gasteiger partial charge on any atom is 0.243 e. The van der Waals surface area contributed by atoms with Gasteiger partial charge in [0.25, 0.3) is 0 Å². The SMILES string of the molecule is [C-]#[N+]c1ccc2c(c1)CCCC2NC(=O)C(Nc1cc(-n2cccc2)nc(NC)n1)C1CCCCC1. The van der Waals surface area contributed by atoms with E-state index in [1.165, 1.54) is 12.0 Å². The number of anilines is 2. The first kappa shape index (κ1) is 23.9. The summed E-state index contributed by atoms with van der Waals surface area (Å²) < 4.78 is 1.93. The number of aryl methyl sites for hydroxylation is 1. The van der Waals surface area contributed by atoms with Crippen LogP contribution in [0.1, 0.15) is 62.1 Å². The Balaban J connectivity index is 1.41. The minimum absolute atomic E-state index is 0.0149. The Hall–Kier alpha value is -3.86. The lowest BCUT2D eigenvalue weighted by atomic mass is 9.82. The normalized spacial score (nSPS) is 18.5. The molecule has 0 radical (unpaired) electrons. The molecule has 0 bridgehead atoms. The summed E-state index contributed by atoms with van der Waals surface area (Å²) in [5, 5.41) is 9.90. The van der Waals surface area contributed by atoms with Gasteiger partial charge in [-0.25, -0.2) is 4.85 Å². The van der Waals surface area contributed by atoms with Crippen LogP contribution in [0, 0.1) is 12.5 Å². The lowest BCUT2D eigenvalue weighted by Gasteiger charge is -2.33. The Morgan fingerprint density at radius 1 is 1.08 bits per heavy atom. The van der Waals surface area contributed by atoms with E-state index >= 15 is 0 Å². The first-order valence-corrected chi connectivity index (χ1v) is 12.9. The van der Waals surface area contributed by atoms with Gasteiger partial charge in [0.1, 0.15) is 17.7 Å². The second-order valence-corrected chi connectivity index (χ2v) is 9.74. The van der Waals surface area contributed by atoms with Gasteiger partial charge in [-0.2, -0.15) is 9.97 Å². The summed E-state index contributed by atoms with van der Waals surface area (Å²) in [6.45, 7) is 7.32. The second-order valence-electron chi connectivity index (χ2n) is 9.74. The molecule has 186 valence electrons. The van der Waals surface area contributed by atoms with Crippen LogP contribution in [0.15, 0.2) is 48.8 Å². The second kappa shape index (κ2) is 10.8. The number of hydrogen-bond donors (Lipinski definition) is 3. The van der Waals surface area contributed by atoms with Gasteiger partial charge in [-0.05, 0) is 55.7 Å². The molecule has 8 heteroatoms. The summed E-state index contributed by atoms with van der Waals surface area (Å²) in [5.41, 5.74) is 2.97. The molecule has 0 saturated heterocycles. The summed E-state index contributed by atoms with van der Waals surface area (Å²) in [7, 11) is 1.80. The molecule has 1 saturated carbocycles. The molecule has 3 N–H and O–H groups in total. The fourth-order valence-corrected chi connectivity index (χ4v) is 5.55. The number of benzene rings is 1. The average Bonchev–Trinajstić information content (AvgIpc) is 3.47. The van der Waals surface area contributed by atoms with Crippen LogP contribution in [0.3, 0.4) is 0 Å². The minimum Gasteiger partial charge on any atom is -0.358 e. The third kappa shape index (κ3) is 5.20. The van der Waals surface area contributed by atoms with Crippen LogP contribution in [-0.4, -0.2) is 33.5 Å². The third-order valence-electron chi connectivity index (χ3n) is 7.40. The topological polar surface area (TPSA) is 88.2 Å². The van der Waals surface area contributed by atoms with Crippen LogP contribution in [0.25, 0.3) is 10.7 Å². The highest BCUT2D eigenvalue weighted by Gasteiger charge is 2.32. The van der Waals surface area contributed by atoms with E-state index in [4.69, 9.17) is 6.57 Å². The molecule has 1 amide bonds. The quantitative estimate of drug-likeness (QED) is 0.391. The summed E-state index contributed by atoms with van der Waals surface area (Å²) in [4.78, 5) is 26.6. The fourth-order valence-electron chi connectivity index (χ4n) is 5.55. The number of carbonyl (C=O) groups excluding carboxylic acids is 1. The zero-order chi connectivity index (χ0) is 24.9. The van der Waals surface area contributed by atoms with Crippen LogP contribution < -0.4 is 16.0 Å². The van der Waals surface area contributed by atoms with E-state index in [0.29, 0.717) is 17.5 Å². The molecule has 8 nitrogen and oxygen atoms in total. The minimum atomic E-state index is -0.379. The molecule has 2 atom stereocenters. The van der Waals surface area contributed by atoms with Crippen LogP contribution >= 0.6 is 0 Å². The van der Waals surface area contributed by atoms with Gasteiger partial charge in [-0.15, -0.1) is 0 Å². The highest BCUT2D eigenvalue weighted by Crippen LogP contribution is 2.34. The molecule has 1 aromatic carbocycles. The largest absolute Gasteiger partial charge is 0.358 e. The number of rotatable bonds is 7. The Morgan fingerprint density at radius 2 is 1.89 bits per heavy atom. The van der Waals surface area contributed by atoms with Crippen molar-refractivity contribution in [3.05, 3.63) is 71.3 Å². The monoisotopic (exact) mass is 483 g/mol. The molecule has 2 aliphatic rings. The van der Waals surface area contributed by atoms with Gasteiger partial charge in [0.2, 0.25) is 11.9 Å². The molecule has 1 fully saturated rings. The number of nitrogens with one attached hydrogen (secondary N) is 3. The predicted octanol–water partition coefficient (Wildman–Crippen LogP) is 5.41. The van der Waals surface area contributed by atoms with E-state index in [1.807, 2.05) is 53.4 Å². The lowest BCUT2D eigenvalue weighted by molar-refractivity contribution is -0.124. The molecule has 36 heavy (non-hydrogen) atoms. The summed E-state index contributed by atoms with van der Waals surface area (Å²) in [5.74, 6) is 2.13. The smallest absolute Gasteiger partial charge is 0.243 e. The molecule has 2 aromatic heterocycles. The number of fused-ring (bicyclic) bond motifs is 1. The van der Waals surface area contributed by atoms with E-state index in [2.05, 4.69) is 30.8 Å². The molecule has 0 aliphatic heterocycles. The molecular formula is C28H33N7O. The van der Waals surface area contributed by atoms with Crippen molar-refractivity contribution in [3.8, 4) is 5.82 Å². The Morgan fingerprint density at radius 3 is 2.64 bits per heavy atom. The van der Waals surface area contributed by atoms with Crippen LogP contribution in [-0.2, 0) is 11.2 Å². The van der Waals surface area contributed by atoms with Crippen molar-refractivity contribution in [2.75, 3.05) is 17.7 Å². The predicted molar refractivity (Wildman–Crippen MR) is 141 cm³/mol. The number of amides is 1. The molecule has 2 aliphatic carbocycles. The summed E-state index contributed by atoms with van der Waals surface area (Å²) in [6, 6.07) is 11.2. The first-order valence-electron chi connectivity index (χ1n) is 12.9. The highest BCUT2D eigenvalue weighted by atomic mass is 16.2. The van der Waals surface area contributed by atoms with Crippen molar-refractivity contribution in [1.29, 1.82) is 0 Å². The third-order valence-corrected chi connectivity index (χ3v) is 7.40. The van der Waals surface area contributed by atoms with E-state index in [1.54, 1.807) is 7.05 Å². The zero-order valence-corrected chi connectivity index (χ0v) is 20.7. The van der Waals surface area contributed by atoms with Crippen LogP contribution in [0.5, 0.6) is 0 Å². The molecule has 3 aromatic rings. The molecule has 5 rings (SSSR count). The molecule has 2 unspecified atom stereocenters. The summed E-state index contributed by atoms with van der Waals surface area (Å²) >= 11 is 0. The molecule has 2 heterocycles. The maximum atomic E-state index is 13.8. The van der Waals surface area contributed by atoms with E-state index < -0.39 is 0 Å². The van der Waals surface area contributed by atoms with Crippen molar-refractivity contribution in [3.63, 3.8) is 0 Å². The maximum absolute atomic E-state index is 13.8. The van der Waals surface area contributed by atoms with E-state index in [9.17, 15) is 4.79 Å². The number of hydrogen-bond acceptors (Lipinski definition) is 5. The van der Waals surface area contributed by atoms with Gasteiger partial charge in [0, 0.05) is 25.5 Å². The Kier molecular flexibility index (Phi) is 7.17. The molecule has 0 spiro atoms. The van der Waals surface area contributed by atoms with Gasteiger partial charge >= 0.3 is 0 Å². The standard InChI is InChI=1S/C28H33N7O/c1-29-21-13-14-22-20(17-21)11-8-12-23(22)31-27(36)26(19-9-4-3-5-10-19)32-24-18-25(34-28(30-2)33-24)35-15-6-7-16-35/h6-7,13-19,23,26H,3-5,8-12H2,2H3,(H,31,36)(H2,30,32,33,34). The van der Waals surface area contributed by atoms with Crippen molar-refractivity contribution in [2.45, 2.75) is 63.5 Å². The Labute approximate surface area is 212 Å². The highest BCUT2D eigenvalue weighted by molar-refractivity contribution is 5.85. The summed E-state index contributed by atoms with van der Waals surface area (Å²) in [6.07, 6.45) is 12.3. The van der Waals surface area contributed by atoms with Gasteiger partial charge < -0.3 is 20.5 Å². The van der Waals surface area contributed by atoms with Crippen molar-refractivity contribution in [2.24, 2.45) is 5.92 Å². The van der Waals surface area contributed by atoms with Crippen molar-refractivity contribution < 1.29 is 4.79 Å². The van der Waals surface area contributed by atoms with Gasteiger partial charge in [0.15, 0.2) is 5.69 Å². The number of nitrogens with zero attached hydrogens (tertiary/aromatic N) is 4. The van der Waals surface area contributed by atoms with Gasteiger partial charge in [-0.3, -0.25) is 4.79 Å². The van der Waals surface area contributed by atoms with E-state index in [-0.39, 0.29) is 23.9 Å². The van der Waals surface area contributed by atoms with Crippen LogP contribution in [0.4, 0.5) is 17.5 Å². The van der Waals surface area contributed by atoms with Crippen LogP contribution in [0.2, 0.25) is 0 Å². The number of carbonyl (C=O) groups is 1. The Bertz CT molecular complexity index is 1240. The van der Waals surface area contributed by atoms with Gasteiger partial charge in [0.05, 0.1) is 12.6 Å². The van der Waals surface area contributed by atoms with Crippen molar-refractivity contribution >= 4 is 23.4 Å². The average molecular weight is 484 g/mol. The lowest BCUT2D eigenvalue weighted by Crippen LogP contribution is -2.47.